The highest BCUT2D eigenvalue weighted by molar-refractivity contribution is 7.99. The topological polar surface area (TPSA) is 72.6 Å². The summed E-state index contributed by atoms with van der Waals surface area (Å²) in [6.45, 7) is 2.56. The normalized spacial score (nSPS) is 18.4. The number of anilines is 1. The number of thioether (sulfide) groups is 1. The van der Waals surface area contributed by atoms with Crippen LogP contribution in [0.5, 0.6) is 0 Å². The van der Waals surface area contributed by atoms with Crippen LogP contribution in [-0.2, 0) is 9.53 Å². The number of hydrogen-bond acceptors (Lipinski definition) is 5. The fourth-order valence-corrected chi connectivity index (χ4v) is 3.32. The van der Waals surface area contributed by atoms with Crippen LogP contribution in [0.1, 0.15) is 17.3 Å². The summed E-state index contributed by atoms with van der Waals surface area (Å²) in [5.41, 5.74) is 6.50. The number of nitrogens with zero attached hydrogens (tertiary/aromatic N) is 1. The molecule has 1 aromatic carbocycles. The lowest BCUT2D eigenvalue weighted by molar-refractivity contribution is -0.147. The molecule has 1 saturated heterocycles. The Balaban J connectivity index is 2.21. The van der Waals surface area contributed by atoms with Crippen LogP contribution in [0, 0.1) is 0 Å². The van der Waals surface area contributed by atoms with E-state index >= 15 is 0 Å². The molecule has 2 rings (SSSR count). The van der Waals surface area contributed by atoms with E-state index in [4.69, 9.17) is 22.1 Å². The zero-order valence-corrected chi connectivity index (χ0v) is 13.2. The quantitative estimate of drug-likeness (QED) is 0.679. The van der Waals surface area contributed by atoms with Gasteiger partial charge in [0.1, 0.15) is 6.04 Å². The average Bonchev–Trinajstić information content (AvgIpc) is 2.49. The minimum atomic E-state index is -0.549. The van der Waals surface area contributed by atoms with Gasteiger partial charge < -0.3 is 15.4 Å². The van der Waals surface area contributed by atoms with Crippen molar-refractivity contribution in [3.8, 4) is 0 Å². The summed E-state index contributed by atoms with van der Waals surface area (Å²) in [7, 11) is 0. The Morgan fingerprint density at radius 1 is 1.52 bits per heavy atom. The maximum Gasteiger partial charge on any atom is 0.329 e. The second-order valence-corrected chi connectivity index (χ2v) is 6.13. The van der Waals surface area contributed by atoms with Gasteiger partial charge in [0.05, 0.1) is 17.3 Å². The van der Waals surface area contributed by atoms with Crippen LogP contribution < -0.4 is 5.73 Å². The Hall–Kier alpha value is -1.40. The number of carbonyl (C=O) groups excluding carboxylic acids is 2. The molecule has 1 fully saturated rings. The van der Waals surface area contributed by atoms with Gasteiger partial charge in [-0.3, -0.25) is 4.79 Å². The maximum atomic E-state index is 12.6. The van der Waals surface area contributed by atoms with Crippen molar-refractivity contribution in [2.75, 3.05) is 30.4 Å². The van der Waals surface area contributed by atoms with Crippen molar-refractivity contribution in [2.45, 2.75) is 13.0 Å². The van der Waals surface area contributed by atoms with Crippen LogP contribution in [0.25, 0.3) is 0 Å². The van der Waals surface area contributed by atoms with E-state index in [1.54, 1.807) is 35.7 Å². The van der Waals surface area contributed by atoms with E-state index in [1.165, 1.54) is 6.07 Å². The minimum Gasteiger partial charge on any atom is -0.464 e. The number of benzene rings is 1. The van der Waals surface area contributed by atoms with Gasteiger partial charge in [0, 0.05) is 23.6 Å². The molecule has 1 unspecified atom stereocenters. The van der Waals surface area contributed by atoms with Crippen molar-refractivity contribution in [1.82, 2.24) is 4.90 Å². The highest BCUT2D eigenvalue weighted by Gasteiger charge is 2.34. The Morgan fingerprint density at radius 3 is 2.95 bits per heavy atom. The van der Waals surface area contributed by atoms with Gasteiger partial charge in [-0.25, -0.2) is 4.79 Å². The highest BCUT2D eigenvalue weighted by atomic mass is 35.5. The number of nitrogens with two attached hydrogens (primary N) is 1. The standard InChI is InChI=1S/C14H17ClN2O3S/c1-2-20-14(19)12-8-21-6-5-17(12)13(18)9-3-4-11(16)10(15)7-9/h3-4,7,12H,2,5-6,8,16H2,1H3. The van der Waals surface area contributed by atoms with Crippen molar-refractivity contribution in [3.63, 3.8) is 0 Å². The number of rotatable bonds is 3. The Labute approximate surface area is 132 Å². The van der Waals surface area contributed by atoms with Crippen molar-refractivity contribution in [1.29, 1.82) is 0 Å². The summed E-state index contributed by atoms with van der Waals surface area (Å²) in [5, 5.41) is 0.333. The van der Waals surface area contributed by atoms with Crippen molar-refractivity contribution in [3.05, 3.63) is 28.8 Å². The lowest BCUT2D eigenvalue weighted by atomic mass is 10.1. The molecule has 1 aromatic rings. The van der Waals surface area contributed by atoms with Crippen molar-refractivity contribution >= 4 is 40.9 Å². The van der Waals surface area contributed by atoms with Gasteiger partial charge in [-0.15, -0.1) is 0 Å². The molecule has 0 radical (unpaired) electrons. The molecule has 0 aromatic heterocycles. The van der Waals surface area contributed by atoms with Gasteiger partial charge in [0.2, 0.25) is 0 Å². The van der Waals surface area contributed by atoms with E-state index in [9.17, 15) is 9.59 Å². The molecule has 5 nitrogen and oxygen atoms in total. The fourth-order valence-electron chi connectivity index (χ4n) is 2.11. The van der Waals surface area contributed by atoms with Gasteiger partial charge in [-0.2, -0.15) is 11.8 Å². The van der Waals surface area contributed by atoms with E-state index in [0.29, 0.717) is 35.2 Å². The predicted molar refractivity (Wildman–Crippen MR) is 84.6 cm³/mol. The van der Waals surface area contributed by atoms with E-state index in [2.05, 4.69) is 0 Å². The van der Waals surface area contributed by atoms with Gasteiger partial charge in [0.15, 0.2) is 0 Å². The van der Waals surface area contributed by atoms with Gasteiger partial charge in [-0.05, 0) is 25.1 Å². The first-order chi connectivity index (χ1) is 10.0. The first kappa shape index (κ1) is 16.0. The zero-order valence-electron chi connectivity index (χ0n) is 11.7. The molecule has 0 saturated carbocycles. The maximum absolute atomic E-state index is 12.6. The largest absolute Gasteiger partial charge is 0.464 e. The van der Waals surface area contributed by atoms with E-state index in [1.807, 2.05) is 0 Å². The molecule has 1 amide bonds. The lowest BCUT2D eigenvalue weighted by Gasteiger charge is -2.33. The van der Waals surface area contributed by atoms with Crippen LogP contribution in [-0.4, -0.2) is 47.5 Å². The summed E-state index contributed by atoms with van der Waals surface area (Å²) < 4.78 is 5.05. The second kappa shape index (κ2) is 7.04. The summed E-state index contributed by atoms with van der Waals surface area (Å²) >= 11 is 7.59. The van der Waals surface area contributed by atoms with Crippen LogP contribution in [0.3, 0.4) is 0 Å². The first-order valence-electron chi connectivity index (χ1n) is 6.65. The molecular weight excluding hydrogens is 312 g/mol. The third-order valence-corrected chi connectivity index (χ3v) is 4.55. The summed E-state index contributed by atoms with van der Waals surface area (Å²) in [6.07, 6.45) is 0. The molecule has 0 bridgehead atoms. The molecule has 21 heavy (non-hydrogen) atoms. The van der Waals surface area contributed by atoms with Crippen LogP contribution in [0.15, 0.2) is 18.2 Å². The Morgan fingerprint density at radius 2 is 2.29 bits per heavy atom. The fraction of sp³-hybridized carbons (Fsp3) is 0.429. The summed E-state index contributed by atoms with van der Waals surface area (Å²) in [5.74, 6) is 0.757. The molecule has 1 heterocycles. The van der Waals surface area contributed by atoms with Gasteiger partial charge in [0.25, 0.3) is 5.91 Å². The van der Waals surface area contributed by atoms with Gasteiger partial charge >= 0.3 is 5.97 Å². The molecule has 1 aliphatic rings. The third kappa shape index (κ3) is 3.63. The zero-order chi connectivity index (χ0) is 15.4. The number of hydrogen-bond donors (Lipinski definition) is 1. The SMILES string of the molecule is CCOC(=O)C1CSCCN1C(=O)c1ccc(N)c(Cl)c1. The monoisotopic (exact) mass is 328 g/mol. The van der Waals surface area contributed by atoms with Gasteiger partial charge in [-0.1, -0.05) is 11.6 Å². The van der Waals surface area contributed by atoms with E-state index in [0.717, 1.165) is 5.75 Å². The molecule has 1 aliphatic heterocycles. The van der Waals surface area contributed by atoms with E-state index < -0.39 is 6.04 Å². The molecule has 0 spiro atoms. The molecule has 2 N–H and O–H groups in total. The summed E-state index contributed by atoms with van der Waals surface area (Å²) in [6, 6.07) is 4.19. The van der Waals surface area contributed by atoms with Crippen molar-refractivity contribution < 1.29 is 14.3 Å². The number of esters is 1. The van der Waals surface area contributed by atoms with Crippen LogP contribution in [0.4, 0.5) is 5.69 Å². The number of carbonyl (C=O) groups is 2. The molecule has 1 atom stereocenters. The molecule has 7 heteroatoms. The Kier molecular flexibility index (Phi) is 5.36. The van der Waals surface area contributed by atoms with Crippen LogP contribution >= 0.6 is 23.4 Å². The second-order valence-electron chi connectivity index (χ2n) is 4.58. The molecular formula is C14H17ClN2O3S. The average molecular weight is 329 g/mol. The summed E-state index contributed by atoms with van der Waals surface area (Å²) in [4.78, 5) is 26.1. The third-order valence-electron chi connectivity index (χ3n) is 3.20. The number of amides is 1. The minimum absolute atomic E-state index is 0.227. The first-order valence-corrected chi connectivity index (χ1v) is 8.18. The molecule has 0 aliphatic carbocycles. The number of halogens is 1. The van der Waals surface area contributed by atoms with Crippen LogP contribution in [0.2, 0.25) is 5.02 Å². The molecule has 114 valence electrons. The Bertz CT molecular complexity index is 553. The predicted octanol–water partition coefficient (Wildman–Crippen LogP) is 2.04. The smallest absolute Gasteiger partial charge is 0.329 e. The van der Waals surface area contributed by atoms with Crippen molar-refractivity contribution in [2.24, 2.45) is 0 Å². The number of ether oxygens (including phenoxy) is 1. The van der Waals surface area contributed by atoms with E-state index in [-0.39, 0.29) is 11.9 Å². The number of nitrogen functional groups attached to an aromatic ring is 1. The lowest BCUT2D eigenvalue weighted by Crippen LogP contribution is -2.51. The highest BCUT2D eigenvalue weighted by Crippen LogP contribution is 2.24.